The van der Waals surface area contributed by atoms with Gasteiger partial charge in [-0.05, 0) is 26.0 Å². The van der Waals surface area contributed by atoms with Crippen LogP contribution >= 0.6 is 0 Å². The zero-order chi connectivity index (χ0) is 12.8. The Morgan fingerprint density at radius 2 is 1.82 bits per heavy atom. The molecule has 0 saturated carbocycles. The van der Waals surface area contributed by atoms with Crippen LogP contribution in [0, 0.1) is 0 Å². The normalized spacial score (nSPS) is 9.88. The molecule has 1 amide bonds. The van der Waals surface area contributed by atoms with Gasteiger partial charge in [0.15, 0.2) is 0 Å². The Morgan fingerprint density at radius 1 is 1.18 bits per heavy atom. The summed E-state index contributed by atoms with van der Waals surface area (Å²) in [7, 11) is 3.13. The fourth-order valence-corrected chi connectivity index (χ4v) is 1.66. The van der Waals surface area contributed by atoms with Crippen LogP contribution in [0.25, 0.3) is 0 Å². The second-order valence-electron chi connectivity index (χ2n) is 3.54. The predicted octanol–water partition coefficient (Wildman–Crippen LogP) is 2.19. The SMILES string of the molecule is CCN(CC)C(=O)c1ccc(OC)cc1OC. The van der Waals surface area contributed by atoms with Crippen LogP contribution < -0.4 is 9.47 Å². The molecule has 1 aromatic rings. The van der Waals surface area contributed by atoms with Crippen molar-refractivity contribution in [2.75, 3.05) is 27.3 Å². The molecule has 0 bridgehead atoms. The van der Waals surface area contributed by atoms with E-state index in [9.17, 15) is 4.79 Å². The summed E-state index contributed by atoms with van der Waals surface area (Å²) in [5, 5.41) is 0. The summed E-state index contributed by atoms with van der Waals surface area (Å²) in [6, 6.07) is 5.22. The zero-order valence-corrected chi connectivity index (χ0v) is 10.8. The molecule has 0 fully saturated rings. The number of hydrogen-bond acceptors (Lipinski definition) is 3. The largest absolute Gasteiger partial charge is 0.497 e. The van der Waals surface area contributed by atoms with Gasteiger partial charge in [0, 0.05) is 19.2 Å². The highest BCUT2D eigenvalue weighted by atomic mass is 16.5. The van der Waals surface area contributed by atoms with Gasteiger partial charge in [0.05, 0.1) is 19.8 Å². The Balaban J connectivity index is 3.08. The number of nitrogens with zero attached hydrogens (tertiary/aromatic N) is 1. The summed E-state index contributed by atoms with van der Waals surface area (Å²) in [4.78, 5) is 13.9. The summed E-state index contributed by atoms with van der Waals surface area (Å²) >= 11 is 0. The summed E-state index contributed by atoms with van der Waals surface area (Å²) in [6.45, 7) is 5.28. The Bertz CT molecular complexity index is 386. The Labute approximate surface area is 102 Å². The molecular formula is C13H19NO3. The van der Waals surface area contributed by atoms with E-state index in [1.807, 2.05) is 13.8 Å². The van der Waals surface area contributed by atoms with E-state index in [0.29, 0.717) is 30.2 Å². The molecule has 0 aliphatic carbocycles. The molecule has 94 valence electrons. The molecule has 0 aromatic heterocycles. The van der Waals surface area contributed by atoms with Crippen LogP contribution in [0.2, 0.25) is 0 Å². The van der Waals surface area contributed by atoms with E-state index in [4.69, 9.17) is 9.47 Å². The lowest BCUT2D eigenvalue weighted by Gasteiger charge is -2.20. The molecule has 4 heteroatoms. The van der Waals surface area contributed by atoms with Crippen molar-refractivity contribution in [1.29, 1.82) is 0 Å². The van der Waals surface area contributed by atoms with E-state index >= 15 is 0 Å². The highest BCUT2D eigenvalue weighted by Gasteiger charge is 2.17. The summed E-state index contributed by atoms with van der Waals surface area (Å²) in [6.07, 6.45) is 0. The summed E-state index contributed by atoms with van der Waals surface area (Å²) in [5.41, 5.74) is 0.567. The number of carbonyl (C=O) groups excluding carboxylic acids is 1. The van der Waals surface area contributed by atoms with Crippen LogP contribution in [-0.2, 0) is 0 Å². The van der Waals surface area contributed by atoms with Crippen molar-refractivity contribution >= 4 is 5.91 Å². The summed E-state index contributed by atoms with van der Waals surface area (Å²) < 4.78 is 10.3. The number of hydrogen-bond donors (Lipinski definition) is 0. The number of rotatable bonds is 5. The topological polar surface area (TPSA) is 38.8 Å². The smallest absolute Gasteiger partial charge is 0.257 e. The Kier molecular flexibility index (Phi) is 4.82. The maximum Gasteiger partial charge on any atom is 0.257 e. The standard InChI is InChI=1S/C13H19NO3/c1-5-14(6-2)13(15)11-8-7-10(16-3)9-12(11)17-4/h7-9H,5-6H2,1-4H3. The van der Waals surface area contributed by atoms with Gasteiger partial charge in [-0.1, -0.05) is 0 Å². The van der Waals surface area contributed by atoms with Crippen LogP contribution in [-0.4, -0.2) is 38.1 Å². The minimum atomic E-state index is -0.0190. The first-order chi connectivity index (χ1) is 8.17. The van der Waals surface area contributed by atoms with E-state index in [1.165, 1.54) is 0 Å². The Hall–Kier alpha value is -1.71. The van der Waals surface area contributed by atoms with Gasteiger partial charge in [-0.3, -0.25) is 4.79 Å². The van der Waals surface area contributed by atoms with Crippen molar-refractivity contribution in [2.45, 2.75) is 13.8 Å². The van der Waals surface area contributed by atoms with E-state index in [2.05, 4.69) is 0 Å². The molecule has 0 aliphatic rings. The predicted molar refractivity (Wildman–Crippen MR) is 66.8 cm³/mol. The van der Waals surface area contributed by atoms with Crippen molar-refractivity contribution in [2.24, 2.45) is 0 Å². The van der Waals surface area contributed by atoms with E-state index in [-0.39, 0.29) is 5.91 Å². The highest BCUT2D eigenvalue weighted by molar-refractivity contribution is 5.97. The minimum absolute atomic E-state index is 0.0190. The summed E-state index contributed by atoms with van der Waals surface area (Å²) in [5.74, 6) is 1.20. The number of benzene rings is 1. The maximum absolute atomic E-state index is 12.2. The lowest BCUT2D eigenvalue weighted by molar-refractivity contribution is 0.0769. The van der Waals surface area contributed by atoms with Crippen molar-refractivity contribution in [1.82, 2.24) is 4.90 Å². The van der Waals surface area contributed by atoms with Crippen LogP contribution in [0.3, 0.4) is 0 Å². The molecule has 0 spiro atoms. The lowest BCUT2D eigenvalue weighted by Crippen LogP contribution is -2.30. The van der Waals surface area contributed by atoms with Gasteiger partial charge >= 0.3 is 0 Å². The average Bonchev–Trinajstić information content (AvgIpc) is 2.39. The lowest BCUT2D eigenvalue weighted by atomic mass is 10.1. The molecule has 0 unspecified atom stereocenters. The van der Waals surface area contributed by atoms with Crippen LogP contribution in [0.1, 0.15) is 24.2 Å². The molecule has 0 atom stereocenters. The van der Waals surface area contributed by atoms with Crippen LogP contribution in [0.4, 0.5) is 0 Å². The number of amides is 1. The molecular weight excluding hydrogens is 218 g/mol. The number of methoxy groups -OCH3 is 2. The molecule has 0 heterocycles. The van der Waals surface area contributed by atoms with Crippen molar-refractivity contribution < 1.29 is 14.3 Å². The average molecular weight is 237 g/mol. The van der Waals surface area contributed by atoms with Gasteiger partial charge in [0.25, 0.3) is 5.91 Å². The van der Waals surface area contributed by atoms with Crippen LogP contribution in [0.15, 0.2) is 18.2 Å². The third kappa shape index (κ3) is 2.90. The molecule has 0 radical (unpaired) electrons. The minimum Gasteiger partial charge on any atom is -0.497 e. The third-order valence-electron chi connectivity index (χ3n) is 2.69. The van der Waals surface area contributed by atoms with Crippen LogP contribution in [0.5, 0.6) is 11.5 Å². The first kappa shape index (κ1) is 13.4. The van der Waals surface area contributed by atoms with Gasteiger partial charge in [-0.15, -0.1) is 0 Å². The molecule has 1 rings (SSSR count). The van der Waals surface area contributed by atoms with Gasteiger partial charge in [0.1, 0.15) is 11.5 Å². The van der Waals surface area contributed by atoms with Gasteiger partial charge < -0.3 is 14.4 Å². The van der Waals surface area contributed by atoms with E-state index in [0.717, 1.165) is 0 Å². The fourth-order valence-electron chi connectivity index (χ4n) is 1.66. The monoisotopic (exact) mass is 237 g/mol. The maximum atomic E-state index is 12.2. The molecule has 17 heavy (non-hydrogen) atoms. The van der Waals surface area contributed by atoms with Crippen molar-refractivity contribution in [3.63, 3.8) is 0 Å². The van der Waals surface area contributed by atoms with Gasteiger partial charge in [0.2, 0.25) is 0 Å². The molecule has 4 nitrogen and oxygen atoms in total. The quantitative estimate of drug-likeness (QED) is 0.788. The molecule has 0 aliphatic heterocycles. The highest BCUT2D eigenvalue weighted by Crippen LogP contribution is 2.25. The fraction of sp³-hybridized carbons (Fsp3) is 0.462. The number of ether oxygens (including phenoxy) is 2. The zero-order valence-electron chi connectivity index (χ0n) is 10.8. The van der Waals surface area contributed by atoms with E-state index < -0.39 is 0 Å². The second kappa shape index (κ2) is 6.13. The van der Waals surface area contributed by atoms with Gasteiger partial charge in [-0.2, -0.15) is 0 Å². The third-order valence-corrected chi connectivity index (χ3v) is 2.69. The molecule has 1 aromatic carbocycles. The van der Waals surface area contributed by atoms with E-state index in [1.54, 1.807) is 37.3 Å². The Morgan fingerprint density at radius 3 is 2.29 bits per heavy atom. The van der Waals surface area contributed by atoms with Gasteiger partial charge in [-0.25, -0.2) is 0 Å². The second-order valence-corrected chi connectivity index (χ2v) is 3.54. The first-order valence-electron chi connectivity index (χ1n) is 5.69. The van der Waals surface area contributed by atoms with Crippen molar-refractivity contribution in [3.8, 4) is 11.5 Å². The molecule has 0 N–H and O–H groups in total. The van der Waals surface area contributed by atoms with Crippen molar-refractivity contribution in [3.05, 3.63) is 23.8 Å². The number of carbonyl (C=O) groups is 1. The first-order valence-corrected chi connectivity index (χ1v) is 5.69. The molecule has 0 saturated heterocycles.